The topological polar surface area (TPSA) is 56.8 Å². The maximum Gasteiger partial charge on any atom is 0.146 e. The van der Waals surface area contributed by atoms with Crippen LogP contribution in [0.5, 0.6) is 11.5 Å². The second-order valence-corrected chi connectivity index (χ2v) is 3.91. The molecule has 0 heterocycles. The van der Waals surface area contributed by atoms with Crippen LogP contribution < -0.4 is 14.9 Å². The molecule has 5 nitrogen and oxygen atoms in total. The molecule has 0 amide bonds. The average molecular weight is 259 g/mol. The molecule has 1 N–H and O–H groups in total. The molecule has 100 valence electrons. The van der Waals surface area contributed by atoms with Crippen LogP contribution in [0.2, 0.25) is 0 Å². The van der Waals surface area contributed by atoms with Crippen molar-refractivity contribution in [3.8, 4) is 11.5 Å². The second kappa shape index (κ2) is 6.08. The molecule has 0 aromatic heterocycles. The number of rotatable bonds is 5. The van der Waals surface area contributed by atoms with E-state index in [1.807, 2.05) is 36.4 Å². The molecule has 2 aromatic rings. The van der Waals surface area contributed by atoms with Crippen LogP contribution in [-0.4, -0.2) is 19.4 Å². The average Bonchev–Trinajstić information content (AvgIpc) is 2.41. The third-order valence-electron chi connectivity index (χ3n) is 2.47. The van der Waals surface area contributed by atoms with Gasteiger partial charge in [-0.1, -0.05) is 0 Å². The predicted molar refractivity (Wildman–Crippen MR) is 74.5 cm³/mol. The van der Waals surface area contributed by atoms with Gasteiger partial charge in [0.2, 0.25) is 0 Å². The summed E-state index contributed by atoms with van der Waals surface area (Å²) in [7, 11) is 2.93. The molecule has 0 saturated heterocycles. The van der Waals surface area contributed by atoms with Crippen LogP contribution in [0.1, 0.15) is 0 Å². The monoisotopic (exact) mass is 259 g/mol. The van der Waals surface area contributed by atoms with Gasteiger partial charge in [-0.05, 0) is 48.5 Å². The molecule has 0 atom stereocenters. The van der Waals surface area contributed by atoms with Gasteiger partial charge in [-0.25, -0.2) is 5.23 Å². The van der Waals surface area contributed by atoms with E-state index in [0.717, 1.165) is 17.1 Å². The van der Waals surface area contributed by atoms with Gasteiger partial charge in [0, 0.05) is 18.4 Å². The first-order valence-corrected chi connectivity index (χ1v) is 5.77. The summed E-state index contributed by atoms with van der Waals surface area (Å²) in [5.41, 5.74) is 1.86. The standard InChI is InChI=1S/C14H15N2O3/c1-16(17)19-14-9-5-12(6-10-14)15-11-3-7-13(18-2)8-4-11/h3-10,15H,1-2H3/q-1. The van der Waals surface area contributed by atoms with Gasteiger partial charge in [-0.3, -0.25) is 0 Å². The number of benzene rings is 2. The van der Waals surface area contributed by atoms with Gasteiger partial charge in [-0.15, -0.1) is 0 Å². The largest absolute Gasteiger partial charge is 0.753 e. The van der Waals surface area contributed by atoms with E-state index in [4.69, 9.17) is 9.57 Å². The second-order valence-electron chi connectivity index (χ2n) is 3.91. The maximum absolute atomic E-state index is 10.7. The maximum atomic E-state index is 10.7. The van der Waals surface area contributed by atoms with Crippen LogP contribution in [0.3, 0.4) is 0 Å². The van der Waals surface area contributed by atoms with E-state index < -0.39 is 0 Å². The van der Waals surface area contributed by atoms with E-state index in [2.05, 4.69) is 5.32 Å². The predicted octanol–water partition coefficient (Wildman–Crippen LogP) is 3.16. The molecule has 5 heteroatoms. The molecule has 0 bridgehead atoms. The van der Waals surface area contributed by atoms with Gasteiger partial charge in [0.25, 0.3) is 0 Å². The van der Waals surface area contributed by atoms with E-state index in [1.165, 1.54) is 7.05 Å². The van der Waals surface area contributed by atoms with E-state index in [-0.39, 0.29) is 0 Å². The van der Waals surface area contributed by atoms with Gasteiger partial charge in [0.05, 0.1) is 7.11 Å². The van der Waals surface area contributed by atoms with Crippen LogP contribution in [-0.2, 0) is 0 Å². The van der Waals surface area contributed by atoms with Crippen molar-refractivity contribution in [3.05, 3.63) is 53.7 Å². The molecule has 0 spiro atoms. The summed E-state index contributed by atoms with van der Waals surface area (Å²) in [6.07, 6.45) is 0. The lowest BCUT2D eigenvalue weighted by Gasteiger charge is -2.21. The minimum Gasteiger partial charge on any atom is -0.753 e. The summed E-state index contributed by atoms with van der Waals surface area (Å²) >= 11 is 0. The van der Waals surface area contributed by atoms with Crippen LogP contribution in [0.15, 0.2) is 48.5 Å². The van der Waals surface area contributed by atoms with Crippen molar-refractivity contribution in [2.75, 3.05) is 19.5 Å². The number of hydroxylamine groups is 2. The molecule has 0 aliphatic carbocycles. The Morgan fingerprint density at radius 2 is 1.37 bits per heavy atom. The molecule has 0 unspecified atom stereocenters. The van der Waals surface area contributed by atoms with Crippen LogP contribution in [0.4, 0.5) is 11.4 Å². The zero-order valence-electron chi connectivity index (χ0n) is 10.8. The molecule has 0 fully saturated rings. The number of hydrogen-bond donors (Lipinski definition) is 1. The van der Waals surface area contributed by atoms with Gasteiger partial charge >= 0.3 is 0 Å². The summed E-state index contributed by atoms with van der Waals surface area (Å²) < 4.78 is 5.09. The Labute approximate surface area is 111 Å². The molecule has 0 saturated carbocycles. The van der Waals surface area contributed by atoms with E-state index >= 15 is 0 Å². The number of nitrogens with one attached hydrogen (secondary N) is 1. The molecular weight excluding hydrogens is 244 g/mol. The first kappa shape index (κ1) is 13.2. The van der Waals surface area contributed by atoms with Crippen molar-refractivity contribution in [2.24, 2.45) is 0 Å². The zero-order chi connectivity index (χ0) is 13.7. The highest BCUT2D eigenvalue weighted by Crippen LogP contribution is 2.22. The molecule has 19 heavy (non-hydrogen) atoms. The molecular formula is C14H15N2O3-. The summed E-state index contributed by atoms with van der Waals surface area (Å²) in [6, 6.07) is 14.7. The van der Waals surface area contributed by atoms with Crippen molar-refractivity contribution in [1.82, 2.24) is 5.23 Å². The fourth-order valence-corrected chi connectivity index (χ4v) is 1.59. The quantitative estimate of drug-likeness (QED) is 0.836. The summed E-state index contributed by atoms with van der Waals surface area (Å²) in [4.78, 5) is 4.88. The first-order chi connectivity index (χ1) is 9.17. The minimum atomic E-state index is 0.409. The summed E-state index contributed by atoms with van der Waals surface area (Å²) in [5.74, 6) is 1.31. The minimum absolute atomic E-state index is 0.409. The Morgan fingerprint density at radius 3 is 1.79 bits per heavy atom. The zero-order valence-corrected chi connectivity index (χ0v) is 10.8. The van der Waals surface area contributed by atoms with Gasteiger partial charge in [-0.2, -0.15) is 0 Å². The Kier molecular flexibility index (Phi) is 4.22. The van der Waals surface area contributed by atoms with Crippen molar-refractivity contribution < 1.29 is 9.57 Å². The fraction of sp³-hybridized carbons (Fsp3) is 0.143. The van der Waals surface area contributed by atoms with Crippen LogP contribution in [0, 0.1) is 5.21 Å². The smallest absolute Gasteiger partial charge is 0.146 e. The highest BCUT2D eigenvalue weighted by atomic mass is 16.9. The van der Waals surface area contributed by atoms with Gasteiger partial charge in [0.1, 0.15) is 11.5 Å². The highest BCUT2D eigenvalue weighted by molar-refractivity contribution is 5.60. The van der Waals surface area contributed by atoms with E-state index in [1.54, 1.807) is 19.2 Å². The third-order valence-corrected chi connectivity index (χ3v) is 2.47. The molecule has 0 radical (unpaired) electrons. The summed E-state index contributed by atoms with van der Waals surface area (Å²) in [6.45, 7) is 0. The van der Waals surface area contributed by atoms with Gasteiger partial charge < -0.3 is 20.1 Å². The van der Waals surface area contributed by atoms with Crippen molar-refractivity contribution in [2.45, 2.75) is 0 Å². The molecule has 2 rings (SSSR count). The Morgan fingerprint density at radius 1 is 0.895 bits per heavy atom. The first-order valence-electron chi connectivity index (χ1n) is 5.77. The van der Waals surface area contributed by atoms with Crippen molar-refractivity contribution in [3.63, 3.8) is 0 Å². The lowest BCUT2D eigenvalue weighted by Crippen LogP contribution is -2.13. The highest BCUT2D eigenvalue weighted by Gasteiger charge is 1.97. The fourth-order valence-electron chi connectivity index (χ4n) is 1.59. The number of methoxy groups -OCH3 is 1. The Balaban J connectivity index is 2.02. The summed E-state index contributed by atoms with van der Waals surface area (Å²) in [5, 5.41) is 14.4. The van der Waals surface area contributed by atoms with Crippen LogP contribution in [0.25, 0.3) is 0 Å². The SMILES string of the molecule is COc1ccc(Nc2ccc(ON(C)[O-])cc2)cc1. The van der Waals surface area contributed by atoms with E-state index in [0.29, 0.717) is 11.0 Å². The number of anilines is 2. The number of ether oxygens (including phenoxy) is 1. The van der Waals surface area contributed by atoms with Crippen LogP contribution >= 0.6 is 0 Å². The van der Waals surface area contributed by atoms with Crippen molar-refractivity contribution >= 4 is 11.4 Å². The molecule has 0 aliphatic rings. The molecule has 0 aliphatic heterocycles. The lowest BCUT2D eigenvalue weighted by molar-refractivity contribution is 0.0218. The number of nitrogens with zero attached hydrogens (tertiary/aromatic N) is 1. The van der Waals surface area contributed by atoms with Crippen molar-refractivity contribution in [1.29, 1.82) is 0 Å². The number of hydrogen-bond acceptors (Lipinski definition) is 5. The van der Waals surface area contributed by atoms with E-state index in [9.17, 15) is 5.21 Å². The Bertz CT molecular complexity index is 509. The lowest BCUT2D eigenvalue weighted by atomic mass is 10.2. The third kappa shape index (κ3) is 3.87. The molecule has 2 aromatic carbocycles. The van der Waals surface area contributed by atoms with Gasteiger partial charge in [0.15, 0.2) is 0 Å². The normalized spacial score (nSPS) is 10.3. The Hall–Kier alpha value is -2.24.